The molecule has 132 valence electrons. The molecule has 0 spiro atoms. The second kappa shape index (κ2) is 7.32. The van der Waals surface area contributed by atoms with Gasteiger partial charge in [0, 0.05) is 23.7 Å². The average molecular weight is 372 g/mol. The van der Waals surface area contributed by atoms with Gasteiger partial charge in [0.2, 0.25) is 10.3 Å². The molecule has 8 heteroatoms. The number of nitrogens with zero attached hydrogens (tertiary/aromatic N) is 2. The molecule has 0 amide bonds. The zero-order chi connectivity index (χ0) is 18.7. The van der Waals surface area contributed by atoms with Crippen molar-refractivity contribution >= 4 is 21.1 Å². The lowest BCUT2D eigenvalue weighted by Crippen LogP contribution is -2.17. The smallest absolute Gasteiger partial charge is 0.347 e. The Morgan fingerprint density at radius 1 is 1.08 bits per heavy atom. The summed E-state index contributed by atoms with van der Waals surface area (Å²) < 4.78 is 37.2. The number of hydrogen-bond donors (Lipinski definition) is 1. The molecule has 1 aromatic heterocycles. The van der Waals surface area contributed by atoms with Crippen molar-refractivity contribution in [2.75, 3.05) is 0 Å². The third-order valence-electron chi connectivity index (χ3n) is 3.72. The van der Waals surface area contributed by atoms with Gasteiger partial charge < -0.3 is 5.11 Å². The molecule has 0 unspecified atom stereocenters. The molecular weight excluding hydrogens is 359 g/mol. The van der Waals surface area contributed by atoms with Crippen molar-refractivity contribution in [1.82, 2.24) is 9.78 Å². The van der Waals surface area contributed by atoms with Crippen LogP contribution in [0.4, 0.5) is 4.39 Å². The molecule has 3 aromatic rings. The summed E-state index contributed by atoms with van der Waals surface area (Å²) in [7, 11) is -2.87. The van der Waals surface area contributed by atoms with Gasteiger partial charge in [-0.1, -0.05) is 18.2 Å². The van der Waals surface area contributed by atoms with Crippen LogP contribution < -0.4 is 0 Å². The second-order valence-corrected chi connectivity index (χ2v) is 6.39. The average Bonchev–Trinajstić information content (AvgIpc) is 3.04. The highest BCUT2D eigenvalue weighted by molar-refractivity contribution is 7.74. The molecule has 0 saturated heterocycles. The van der Waals surface area contributed by atoms with Gasteiger partial charge in [-0.15, -0.1) is 0 Å². The number of halogens is 1. The highest BCUT2D eigenvalue weighted by Gasteiger charge is 2.19. The lowest BCUT2D eigenvalue weighted by molar-refractivity contribution is -0.129. The van der Waals surface area contributed by atoms with Gasteiger partial charge in [-0.25, -0.2) is 13.9 Å². The Balaban J connectivity index is 2.15. The lowest BCUT2D eigenvalue weighted by atomic mass is 10.0. The van der Waals surface area contributed by atoms with Gasteiger partial charge in [0.1, 0.15) is 5.82 Å². The Labute approximate surface area is 149 Å². The molecule has 0 saturated carbocycles. The summed E-state index contributed by atoms with van der Waals surface area (Å²) in [5.41, 5.74) is 2.07. The summed E-state index contributed by atoms with van der Waals surface area (Å²) in [4.78, 5) is 10.5. The van der Waals surface area contributed by atoms with E-state index in [0.717, 1.165) is 5.69 Å². The van der Waals surface area contributed by atoms with E-state index in [4.69, 9.17) is 5.11 Å². The molecule has 2 aromatic carbocycles. The lowest BCUT2D eigenvalue weighted by Gasteiger charge is -2.01. The highest BCUT2D eigenvalue weighted by Crippen LogP contribution is 2.25. The van der Waals surface area contributed by atoms with Gasteiger partial charge in [0.15, 0.2) is 4.86 Å². The highest BCUT2D eigenvalue weighted by atomic mass is 32.2. The van der Waals surface area contributed by atoms with E-state index in [1.165, 1.54) is 28.9 Å². The number of rotatable bonds is 5. The Morgan fingerprint density at radius 2 is 1.73 bits per heavy atom. The van der Waals surface area contributed by atoms with Crippen molar-refractivity contribution in [1.29, 1.82) is 0 Å². The number of aliphatic carboxylic acids is 1. The van der Waals surface area contributed by atoms with Crippen LogP contribution in [0.15, 0.2) is 60.8 Å². The fourth-order valence-corrected chi connectivity index (χ4v) is 2.90. The predicted molar refractivity (Wildman–Crippen MR) is 94.2 cm³/mol. The van der Waals surface area contributed by atoms with Crippen LogP contribution in [0.5, 0.6) is 0 Å². The molecule has 0 aliphatic carbocycles. The fraction of sp³-hybridized carbons (Fsp3) is 0.0556. The number of benzene rings is 2. The van der Waals surface area contributed by atoms with Crippen molar-refractivity contribution < 1.29 is 22.7 Å². The van der Waals surface area contributed by atoms with E-state index in [2.05, 4.69) is 5.10 Å². The number of carboxylic acid groups (broad SMARTS) is 1. The first-order valence-electron chi connectivity index (χ1n) is 7.54. The van der Waals surface area contributed by atoms with Crippen LogP contribution in [0.25, 0.3) is 16.9 Å². The maximum Gasteiger partial charge on any atom is 0.347 e. The first-order chi connectivity index (χ1) is 12.5. The van der Waals surface area contributed by atoms with Gasteiger partial charge in [-0.3, -0.25) is 0 Å². The van der Waals surface area contributed by atoms with E-state index in [1.807, 2.05) is 18.2 Å². The SMILES string of the molecule is O=C(O)C(Cc1cn(-c2ccccc2)nc1-c1ccc(F)cc1)=S(=O)=O. The molecule has 6 nitrogen and oxygen atoms in total. The van der Waals surface area contributed by atoms with Gasteiger partial charge in [0.05, 0.1) is 11.4 Å². The normalized spacial score (nSPS) is 10.5. The molecule has 0 aliphatic heterocycles. The van der Waals surface area contributed by atoms with E-state index < -0.39 is 26.9 Å². The standard InChI is InChI=1S/C18H13FN2O4S/c19-14-8-6-12(7-9-14)17-13(10-16(18(22)23)26(24)25)11-21(20-17)15-4-2-1-3-5-15/h1-9,11H,10H2,(H,22,23). The van der Waals surface area contributed by atoms with E-state index in [-0.39, 0.29) is 6.42 Å². The van der Waals surface area contributed by atoms with Crippen LogP contribution >= 0.6 is 0 Å². The van der Waals surface area contributed by atoms with E-state index in [1.54, 1.807) is 18.3 Å². The first kappa shape index (κ1) is 17.6. The van der Waals surface area contributed by atoms with Crippen molar-refractivity contribution in [3.63, 3.8) is 0 Å². The number of carbonyl (C=O) groups is 1. The summed E-state index contributed by atoms with van der Waals surface area (Å²) in [5.74, 6) is -1.94. The Bertz CT molecular complexity index is 1080. The van der Waals surface area contributed by atoms with Gasteiger partial charge in [-0.05, 0) is 36.4 Å². The maximum atomic E-state index is 13.2. The third-order valence-corrected chi connectivity index (χ3v) is 4.44. The predicted octanol–water partition coefficient (Wildman–Crippen LogP) is 2.36. The molecule has 1 heterocycles. The quantitative estimate of drug-likeness (QED) is 0.695. The van der Waals surface area contributed by atoms with E-state index >= 15 is 0 Å². The van der Waals surface area contributed by atoms with Crippen LogP contribution in [-0.4, -0.2) is 34.1 Å². The first-order valence-corrected chi connectivity index (χ1v) is 8.61. The summed E-state index contributed by atoms with van der Waals surface area (Å²) in [5, 5.41) is 13.6. The molecule has 0 bridgehead atoms. The number of hydrogen-bond acceptors (Lipinski definition) is 4. The van der Waals surface area contributed by atoms with Crippen LogP contribution in [0, 0.1) is 5.82 Å². The second-order valence-electron chi connectivity index (χ2n) is 5.43. The summed E-state index contributed by atoms with van der Waals surface area (Å²) >= 11 is 0. The van der Waals surface area contributed by atoms with Crippen LogP contribution in [-0.2, 0) is 21.5 Å². The molecule has 3 rings (SSSR count). The van der Waals surface area contributed by atoms with Crippen molar-refractivity contribution in [3.05, 3.63) is 72.2 Å². The Hall–Kier alpha value is -3.26. The Morgan fingerprint density at radius 3 is 2.31 bits per heavy atom. The van der Waals surface area contributed by atoms with Crippen LogP contribution in [0.3, 0.4) is 0 Å². The molecule has 1 N–H and O–H groups in total. The van der Waals surface area contributed by atoms with Crippen molar-refractivity contribution in [2.24, 2.45) is 0 Å². The molecular formula is C18H13FN2O4S. The minimum Gasteiger partial charge on any atom is -0.477 e. The summed E-state index contributed by atoms with van der Waals surface area (Å²) in [6.07, 6.45) is 1.24. The van der Waals surface area contributed by atoms with Gasteiger partial charge >= 0.3 is 5.97 Å². The van der Waals surface area contributed by atoms with Crippen LogP contribution in [0.2, 0.25) is 0 Å². The van der Waals surface area contributed by atoms with Gasteiger partial charge in [-0.2, -0.15) is 13.5 Å². The summed E-state index contributed by atoms with van der Waals surface area (Å²) in [6, 6.07) is 14.6. The fourth-order valence-electron chi connectivity index (χ4n) is 2.48. The topological polar surface area (TPSA) is 89.3 Å². The van der Waals surface area contributed by atoms with Crippen molar-refractivity contribution in [2.45, 2.75) is 6.42 Å². The Kier molecular flexibility index (Phi) is 4.94. The number of para-hydroxylation sites is 1. The maximum absolute atomic E-state index is 13.2. The van der Waals surface area contributed by atoms with Crippen molar-refractivity contribution in [3.8, 4) is 16.9 Å². The number of aromatic nitrogens is 2. The molecule has 0 fully saturated rings. The summed E-state index contributed by atoms with van der Waals surface area (Å²) in [6.45, 7) is 0. The van der Waals surface area contributed by atoms with Gasteiger partial charge in [0.25, 0.3) is 0 Å². The van der Waals surface area contributed by atoms with Crippen LogP contribution in [0.1, 0.15) is 5.56 Å². The molecule has 0 aliphatic rings. The zero-order valence-corrected chi connectivity index (χ0v) is 14.1. The third kappa shape index (κ3) is 3.70. The van der Waals surface area contributed by atoms with E-state index in [0.29, 0.717) is 16.8 Å². The molecule has 26 heavy (non-hydrogen) atoms. The number of carboxylic acids is 1. The molecule has 0 radical (unpaired) electrons. The zero-order valence-electron chi connectivity index (χ0n) is 13.3. The minimum absolute atomic E-state index is 0.328. The monoisotopic (exact) mass is 372 g/mol. The van der Waals surface area contributed by atoms with E-state index in [9.17, 15) is 17.6 Å². The minimum atomic E-state index is -2.87. The largest absolute Gasteiger partial charge is 0.477 e. The molecule has 0 atom stereocenters.